The first-order valence-electron chi connectivity index (χ1n) is 5.57. The molecule has 3 rings (SSSR count). The fourth-order valence-electron chi connectivity index (χ4n) is 1.90. The number of aromatic amines is 1. The lowest BCUT2D eigenvalue weighted by Crippen LogP contribution is -2.26. The van der Waals surface area contributed by atoms with E-state index in [9.17, 15) is 4.79 Å². The van der Waals surface area contributed by atoms with Crippen LogP contribution in [0.1, 0.15) is 10.4 Å². The highest BCUT2D eigenvalue weighted by molar-refractivity contribution is 9.10. The fourth-order valence-corrected chi connectivity index (χ4v) is 2.39. The smallest absolute Gasteiger partial charge is 0.260 e. The molecule has 0 saturated carbocycles. The predicted molar refractivity (Wildman–Crippen MR) is 74.2 cm³/mol. The molecule has 0 bridgehead atoms. The van der Waals surface area contributed by atoms with Crippen LogP contribution in [0.3, 0.4) is 0 Å². The van der Waals surface area contributed by atoms with Gasteiger partial charge in [0, 0.05) is 19.4 Å². The molecule has 1 N–H and O–H groups in total. The standard InChI is InChI=1S/C12H10BrN5O/c1-17(8-5-14-15-6-8)12(19)9-3-2-4-18-11(9)10(13)7-16-18/h2-7H,1H3,(H,14,15). The van der Waals surface area contributed by atoms with E-state index in [1.54, 1.807) is 48.5 Å². The van der Waals surface area contributed by atoms with Gasteiger partial charge in [0.1, 0.15) is 0 Å². The molecule has 0 spiro atoms. The molecule has 3 heterocycles. The molecular formula is C12H10BrN5O. The second-order valence-corrected chi connectivity index (χ2v) is 4.88. The van der Waals surface area contributed by atoms with Crippen LogP contribution in [0.4, 0.5) is 5.69 Å². The number of fused-ring (bicyclic) bond motifs is 1. The Bertz CT molecular complexity index is 734. The van der Waals surface area contributed by atoms with E-state index in [1.807, 2.05) is 0 Å². The topological polar surface area (TPSA) is 66.3 Å². The zero-order valence-electron chi connectivity index (χ0n) is 10.0. The van der Waals surface area contributed by atoms with Crippen molar-refractivity contribution in [2.24, 2.45) is 0 Å². The summed E-state index contributed by atoms with van der Waals surface area (Å²) in [4.78, 5) is 14.1. The van der Waals surface area contributed by atoms with Crippen molar-refractivity contribution in [3.05, 3.63) is 47.0 Å². The average molecular weight is 320 g/mol. The molecule has 0 saturated heterocycles. The number of anilines is 1. The van der Waals surface area contributed by atoms with Crippen molar-refractivity contribution >= 4 is 33.0 Å². The summed E-state index contributed by atoms with van der Waals surface area (Å²) in [6.07, 6.45) is 6.74. The van der Waals surface area contributed by atoms with Gasteiger partial charge in [-0.25, -0.2) is 4.52 Å². The summed E-state index contributed by atoms with van der Waals surface area (Å²) in [5.74, 6) is -0.117. The number of nitrogens with zero attached hydrogens (tertiary/aromatic N) is 4. The van der Waals surface area contributed by atoms with Gasteiger partial charge in [-0.05, 0) is 28.1 Å². The second kappa shape index (κ2) is 4.51. The third-order valence-electron chi connectivity index (χ3n) is 2.90. The van der Waals surface area contributed by atoms with Crippen molar-refractivity contribution in [3.63, 3.8) is 0 Å². The minimum absolute atomic E-state index is 0.117. The number of carbonyl (C=O) groups excluding carboxylic acids is 1. The first-order chi connectivity index (χ1) is 9.18. The van der Waals surface area contributed by atoms with Crippen LogP contribution in [0.5, 0.6) is 0 Å². The Morgan fingerprint density at radius 2 is 2.32 bits per heavy atom. The SMILES string of the molecule is CN(C(=O)c1cccn2ncc(Br)c12)c1cn[nH]c1. The Morgan fingerprint density at radius 1 is 1.47 bits per heavy atom. The van der Waals surface area contributed by atoms with Gasteiger partial charge in [-0.2, -0.15) is 10.2 Å². The van der Waals surface area contributed by atoms with Crippen LogP contribution in [-0.4, -0.2) is 32.8 Å². The molecule has 6 nitrogen and oxygen atoms in total. The van der Waals surface area contributed by atoms with E-state index in [-0.39, 0.29) is 5.91 Å². The van der Waals surface area contributed by atoms with E-state index >= 15 is 0 Å². The highest BCUT2D eigenvalue weighted by Gasteiger charge is 2.19. The van der Waals surface area contributed by atoms with Gasteiger partial charge in [-0.15, -0.1) is 0 Å². The maximum Gasteiger partial charge on any atom is 0.260 e. The number of rotatable bonds is 2. The van der Waals surface area contributed by atoms with Crippen LogP contribution in [0.15, 0.2) is 41.4 Å². The molecule has 3 aromatic rings. The van der Waals surface area contributed by atoms with Crippen molar-refractivity contribution in [2.75, 3.05) is 11.9 Å². The Labute approximate surface area is 117 Å². The Kier molecular flexibility index (Phi) is 2.83. The Hall–Kier alpha value is -2.15. The zero-order valence-corrected chi connectivity index (χ0v) is 11.6. The molecule has 0 aromatic carbocycles. The number of hydrogen-bond donors (Lipinski definition) is 1. The van der Waals surface area contributed by atoms with Gasteiger partial charge in [-0.3, -0.25) is 9.89 Å². The minimum atomic E-state index is -0.117. The lowest BCUT2D eigenvalue weighted by molar-refractivity contribution is 0.0994. The van der Waals surface area contributed by atoms with E-state index in [0.29, 0.717) is 11.3 Å². The van der Waals surface area contributed by atoms with E-state index in [2.05, 4.69) is 31.2 Å². The summed E-state index contributed by atoms with van der Waals surface area (Å²) < 4.78 is 2.46. The van der Waals surface area contributed by atoms with Crippen LogP contribution >= 0.6 is 15.9 Å². The van der Waals surface area contributed by atoms with Crippen LogP contribution < -0.4 is 4.90 Å². The molecular weight excluding hydrogens is 310 g/mol. The average Bonchev–Trinajstić information content (AvgIpc) is 3.07. The lowest BCUT2D eigenvalue weighted by Gasteiger charge is -2.15. The normalized spacial score (nSPS) is 10.8. The maximum atomic E-state index is 12.5. The van der Waals surface area contributed by atoms with E-state index < -0.39 is 0 Å². The molecule has 0 radical (unpaired) electrons. The van der Waals surface area contributed by atoms with Gasteiger partial charge in [0.15, 0.2) is 0 Å². The van der Waals surface area contributed by atoms with E-state index in [1.165, 1.54) is 4.90 Å². The van der Waals surface area contributed by atoms with Crippen molar-refractivity contribution in [1.29, 1.82) is 0 Å². The number of hydrogen-bond acceptors (Lipinski definition) is 3. The van der Waals surface area contributed by atoms with Gasteiger partial charge in [0.2, 0.25) is 0 Å². The van der Waals surface area contributed by atoms with Crippen LogP contribution in [-0.2, 0) is 0 Å². The molecule has 0 unspecified atom stereocenters. The summed E-state index contributed by atoms with van der Waals surface area (Å²) in [5, 5.41) is 10.7. The van der Waals surface area contributed by atoms with Gasteiger partial charge in [0.05, 0.1) is 33.6 Å². The number of pyridine rings is 1. The summed E-state index contributed by atoms with van der Waals surface area (Å²) >= 11 is 3.41. The van der Waals surface area contributed by atoms with Crippen LogP contribution in [0.25, 0.3) is 5.52 Å². The van der Waals surface area contributed by atoms with Crippen molar-refractivity contribution < 1.29 is 4.79 Å². The quantitative estimate of drug-likeness (QED) is 0.786. The summed E-state index contributed by atoms with van der Waals surface area (Å²) in [7, 11) is 1.71. The van der Waals surface area contributed by atoms with Crippen molar-refractivity contribution in [3.8, 4) is 0 Å². The maximum absolute atomic E-state index is 12.5. The number of halogens is 1. The highest BCUT2D eigenvalue weighted by atomic mass is 79.9. The molecule has 96 valence electrons. The number of aromatic nitrogens is 4. The van der Waals surface area contributed by atoms with Crippen molar-refractivity contribution in [1.82, 2.24) is 19.8 Å². The second-order valence-electron chi connectivity index (χ2n) is 4.03. The summed E-state index contributed by atoms with van der Waals surface area (Å²) in [6.45, 7) is 0. The largest absolute Gasteiger partial charge is 0.308 e. The molecule has 0 atom stereocenters. The highest BCUT2D eigenvalue weighted by Crippen LogP contribution is 2.23. The molecule has 0 fully saturated rings. The van der Waals surface area contributed by atoms with E-state index in [4.69, 9.17) is 0 Å². The van der Waals surface area contributed by atoms with Gasteiger partial charge in [-0.1, -0.05) is 0 Å². The molecule has 1 amide bonds. The number of H-pyrrole nitrogens is 1. The molecule has 7 heteroatoms. The first kappa shape index (κ1) is 11.9. The van der Waals surface area contributed by atoms with Crippen molar-refractivity contribution in [2.45, 2.75) is 0 Å². The van der Waals surface area contributed by atoms with Gasteiger partial charge in [0.25, 0.3) is 5.91 Å². The molecule has 19 heavy (non-hydrogen) atoms. The van der Waals surface area contributed by atoms with Crippen LogP contribution in [0, 0.1) is 0 Å². The fraction of sp³-hybridized carbons (Fsp3) is 0.0833. The Morgan fingerprint density at radius 3 is 3.05 bits per heavy atom. The monoisotopic (exact) mass is 319 g/mol. The molecule has 0 aliphatic carbocycles. The molecule has 0 aliphatic heterocycles. The zero-order chi connectivity index (χ0) is 13.4. The van der Waals surface area contributed by atoms with Crippen LogP contribution in [0.2, 0.25) is 0 Å². The summed E-state index contributed by atoms with van der Waals surface area (Å²) in [5.41, 5.74) is 2.04. The molecule has 3 aromatic heterocycles. The number of carbonyl (C=O) groups is 1. The predicted octanol–water partition coefficient (Wildman–Crippen LogP) is 2.10. The Balaban J connectivity index is 2.09. The third kappa shape index (κ3) is 1.91. The number of nitrogens with one attached hydrogen (secondary N) is 1. The minimum Gasteiger partial charge on any atom is -0.308 e. The first-order valence-corrected chi connectivity index (χ1v) is 6.36. The molecule has 0 aliphatic rings. The van der Waals surface area contributed by atoms with E-state index in [0.717, 1.165) is 9.99 Å². The lowest BCUT2D eigenvalue weighted by atomic mass is 10.2. The summed E-state index contributed by atoms with van der Waals surface area (Å²) in [6, 6.07) is 3.57. The van der Waals surface area contributed by atoms with Gasteiger partial charge >= 0.3 is 0 Å². The third-order valence-corrected chi connectivity index (χ3v) is 3.48. The number of amides is 1. The van der Waals surface area contributed by atoms with Gasteiger partial charge < -0.3 is 4.90 Å².